The first kappa shape index (κ1) is 19.2. The van der Waals surface area contributed by atoms with Crippen LogP contribution >= 0.6 is 0 Å². The summed E-state index contributed by atoms with van der Waals surface area (Å²) in [5.41, 5.74) is 0.128. The third-order valence-corrected chi connectivity index (χ3v) is 9.72. The summed E-state index contributed by atoms with van der Waals surface area (Å²) in [4.78, 5) is 0. The standard InChI is InChI=1S/C23H40O3/c1-15(24)18-7-8-19-17-6-5-16-13-21(2,25)11-12-23(16,14-26-4)20(17)9-10-22(18,19)3/h15-20,24-25H,5-14H2,1-4H3. The van der Waals surface area contributed by atoms with Gasteiger partial charge in [0.2, 0.25) is 0 Å². The van der Waals surface area contributed by atoms with Crippen molar-refractivity contribution in [1.82, 2.24) is 0 Å². The molecule has 9 unspecified atom stereocenters. The Morgan fingerprint density at radius 1 is 1.00 bits per heavy atom. The van der Waals surface area contributed by atoms with Crippen LogP contribution in [0.4, 0.5) is 0 Å². The molecule has 4 aliphatic carbocycles. The van der Waals surface area contributed by atoms with Crippen LogP contribution in [0.2, 0.25) is 0 Å². The Kier molecular flexibility index (Phi) is 4.77. The zero-order chi connectivity index (χ0) is 18.7. The first-order chi connectivity index (χ1) is 12.2. The van der Waals surface area contributed by atoms with E-state index in [-0.39, 0.29) is 11.5 Å². The molecule has 0 aromatic heterocycles. The van der Waals surface area contributed by atoms with E-state index >= 15 is 0 Å². The van der Waals surface area contributed by atoms with Gasteiger partial charge >= 0.3 is 0 Å². The summed E-state index contributed by atoms with van der Waals surface area (Å²) < 4.78 is 5.83. The van der Waals surface area contributed by atoms with Crippen LogP contribution in [0.5, 0.6) is 0 Å². The van der Waals surface area contributed by atoms with Gasteiger partial charge in [-0.3, -0.25) is 0 Å². The average molecular weight is 365 g/mol. The Morgan fingerprint density at radius 2 is 1.77 bits per heavy atom. The van der Waals surface area contributed by atoms with E-state index < -0.39 is 5.60 Å². The monoisotopic (exact) mass is 364 g/mol. The van der Waals surface area contributed by atoms with Crippen molar-refractivity contribution in [3.05, 3.63) is 0 Å². The molecule has 4 saturated carbocycles. The number of hydrogen-bond donors (Lipinski definition) is 2. The fraction of sp³-hybridized carbons (Fsp3) is 1.00. The minimum absolute atomic E-state index is 0.171. The molecule has 150 valence electrons. The van der Waals surface area contributed by atoms with E-state index in [0.29, 0.717) is 17.3 Å². The third kappa shape index (κ3) is 2.71. The second-order valence-electron chi connectivity index (χ2n) is 11.0. The molecule has 0 spiro atoms. The van der Waals surface area contributed by atoms with Gasteiger partial charge < -0.3 is 14.9 Å². The molecular weight excluding hydrogens is 324 g/mol. The molecule has 0 bridgehead atoms. The first-order valence-corrected chi connectivity index (χ1v) is 11.1. The van der Waals surface area contributed by atoms with Crippen LogP contribution in [-0.4, -0.2) is 35.6 Å². The normalized spacial score (nSPS) is 54.9. The van der Waals surface area contributed by atoms with Crippen LogP contribution in [0.3, 0.4) is 0 Å². The van der Waals surface area contributed by atoms with E-state index in [4.69, 9.17) is 4.74 Å². The van der Waals surface area contributed by atoms with Crippen molar-refractivity contribution in [2.45, 2.75) is 90.3 Å². The highest BCUT2D eigenvalue weighted by Crippen LogP contribution is 2.68. The zero-order valence-corrected chi connectivity index (χ0v) is 17.3. The van der Waals surface area contributed by atoms with E-state index in [0.717, 1.165) is 43.6 Å². The highest BCUT2D eigenvalue weighted by Gasteiger charge is 2.62. The van der Waals surface area contributed by atoms with Crippen molar-refractivity contribution in [2.75, 3.05) is 13.7 Å². The molecule has 0 aromatic rings. The molecule has 0 radical (unpaired) electrons. The summed E-state index contributed by atoms with van der Waals surface area (Å²) >= 11 is 0. The lowest BCUT2D eigenvalue weighted by Gasteiger charge is -2.62. The first-order valence-electron chi connectivity index (χ1n) is 11.1. The fourth-order valence-electron chi connectivity index (χ4n) is 8.62. The van der Waals surface area contributed by atoms with Crippen molar-refractivity contribution in [2.24, 2.45) is 40.4 Å². The summed E-state index contributed by atoms with van der Waals surface area (Å²) in [5, 5.41) is 21.1. The molecule has 4 aliphatic rings. The van der Waals surface area contributed by atoms with Crippen molar-refractivity contribution < 1.29 is 14.9 Å². The summed E-state index contributed by atoms with van der Waals surface area (Å²) in [6.07, 6.45) is 10.5. The molecule has 3 heteroatoms. The van der Waals surface area contributed by atoms with E-state index in [1.165, 1.54) is 38.5 Å². The summed E-state index contributed by atoms with van der Waals surface area (Å²) in [5.74, 6) is 3.43. The molecule has 0 amide bonds. The second-order valence-corrected chi connectivity index (χ2v) is 11.0. The predicted octanol–water partition coefficient (Wildman–Crippen LogP) is 4.40. The van der Waals surface area contributed by atoms with E-state index in [1.54, 1.807) is 0 Å². The lowest BCUT2D eigenvalue weighted by molar-refractivity contribution is -0.176. The van der Waals surface area contributed by atoms with Crippen molar-refractivity contribution in [3.63, 3.8) is 0 Å². The molecule has 26 heavy (non-hydrogen) atoms. The third-order valence-electron chi connectivity index (χ3n) is 9.72. The molecule has 9 atom stereocenters. The lowest BCUT2D eigenvalue weighted by atomic mass is 9.43. The Balaban J connectivity index is 1.64. The maximum absolute atomic E-state index is 10.7. The van der Waals surface area contributed by atoms with Crippen LogP contribution in [-0.2, 0) is 4.74 Å². The van der Waals surface area contributed by atoms with Gasteiger partial charge in [0.05, 0.1) is 18.3 Å². The summed E-state index contributed by atoms with van der Waals surface area (Å²) in [6.45, 7) is 7.41. The van der Waals surface area contributed by atoms with Gasteiger partial charge in [-0.25, -0.2) is 0 Å². The van der Waals surface area contributed by atoms with Gasteiger partial charge in [0, 0.05) is 7.11 Å². The van der Waals surface area contributed by atoms with Gasteiger partial charge in [0.15, 0.2) is 0 Å². The van der Waals surface area contributed by atoms with E-state index in [9.17, 15) is 10.2 Å². The van der Waals surface area contributed by atoms with Gasteiger partial charge in [0.1, 0.15) is 0 Å². The van der Waals surface area contributed by atoms with Crippen molar-refractivity contribution in [1.29, 1.82) is 0 Å². The SMILES string of the molecule is COCC12CCC(C)(O)CC1CCC1C3CCC(C(C)O)C3(C)CCC12. The molecule has 2 N–H and O–H groups in total. The topological polar surface area (TPSA) is 49.7 Å². The van der Waals surface area contributed by atoms with Gasteiger partial charge in [-0.2, -0.15) is 0 Å². The maximum Gasteiger partial charge on any atom is 0.0622 e. The molecule has 4 fully saturated rings. The lowest BCUT2D eigenvalue weighted by Crippen LogP contribution is -2.58. The summed E-state index contributed by atoms with van der Waals surface area (Å²) in [6, 6.07) is 0. The highest BCUT2D eigenvalue weighted by atomic mass is 16.5. The molecule has 4 rings (SSSR count). The molecule has 0 heterocycles. The minimum Gasteiger partial charge on any atom is -0.393 e. The largest absolute Gasteiger partial charge is 0.393 e. The quantitative estimate of drug-likeness (QED) is 0.780. The number of aliphatic hydroxyl groups excluding tert-OH is 1. The molecule has 0 aromatic carbocycles. The van der Waals surface area contributed by atoms with Gasteiger partial charge in [0.25, 0.3) is 0 Å². The Labute approximate surface area is 159 Å². The number of hydrogen-bond acceptors (Lipinski definition) is 3. The second kappa shape index (κ2) is 6.46. The van der Waals surface area contributed by atoms with E-state index in [1.807, 2.05) is 21.0 Å². The van der Waals surface area contributed by atoms with Crippen LogP contribution < -0.4 is 0 Å². The molecular formula is C23H40O3. The fourth-order valence-corrected chi connectivity index (χ4v) is 8.62. The number of ether oxygens (including phenoxy) is 1. The number of aliphatic hydroxyl groups is 2. The van der Waals surface area contributed by atoms with Crippen LogP contribution in [0.1, 0.15) is 78.6 Å². The Morgan fingerprint density at radius 3 is 2.46 bits per heavy atom. The molecule has 0 saturated heterocycles. The van der Waals surface area contributed by atoms with Gasteiger partial charge in [-0.05, 0) is 112 Å². The van der Waals surface area contributed by atoms with Crippen LogP contribution in [0, 0.1) is 40.4 Å². The molecule has 0 aliphatic heterocycles. The highest BCUT2D eigenvalue weighted by molar-refractivity contribution is 5.11. The maximum atomic E-state index is 10.7. The zero-order valence-electron chi connectivity index (χ0n) is 17.3. The van der Waals surface area contributed by atoms with Crippen LogP contribution in [0.25, 0.3) is 0 Å². The average Bonchev–Trinajstić information content (AvgIpc) is 2.92. The number of rotatable bonds is 3. The van der Waals surface area contributed by atoms with Gasteiger partial charge in [-0.15, -0.1) is 0 Å². The smallest absolute Gasteiger partial charge is 0.0622 e. The van der Waals surface area contributed by atoms with E-state index in [2.05, 4.69) is 6.92 Å². The van der Waals surface area contributed by atoms with Crippen molar-refractivity contribution >= 4 is 0 Å². The molecule has 3 nitrogen and oxygen atoms in total. The predicted molar refractivity (Wildman–Crippen MR) is 104 cm³/mol. The Bertz CT molecular complexity index is 530. The summed E-state index contributed by atoms with van der Waals surface area (Å²) in [7, 11) is 1.87. The van der Waals surface area contributed by atoms with Crippen LogP contribution in [0.15, 0.2) is 0 Å². The van der Waals surface area contributed by atoms with Gasteiger partial charge in [-0.1, -0.05) is 6.92 Å². The Hall–Kier alpha value is -0.120. The number of fused-ring (bicyclic) bond motifs is 5. The number of methoxy groups -OCH3 is 1. The van der Waals surface area contributed by atoms with Crippen molar-refractivity contribution in [3.8, 4) is 0 Å². The minimum atomic E-state index is -0.483.